The molecule has 0 bridgehead atoms. The molecular formula is C19H22N4O4S. The molecule has 0 saturated heterocycles. The van der Waals surface area contributed by atoms with E-state index in [1.165, 1.54) is 11.8 Å². The SMILES string of the molecule is CCCc1nc(-c2ccc3c(c2)N(CC(=O)NNC(C)=O)C(=O)C(C)O3)cs1. The average molecular weight is 402 g/mol. The van der Waals surface area contributed by atoms with Gasteiger partial charge in [-0.15, -0.1) is 11.3 Å². The van der Waals surface area contributed by atoms with Crippen molar-refractivity contribution in [1.82, 2.24) is 15.8 Å². The van der Waals surface area contributed by atoms with E-state index in [4.69, 9.17) is 4.74 Å². The molecular weight excluding hydrogens is 380 g/mol. The van der Waals surface area contributed by atoms with Crippen molar-refractivity contribution in [3.8, 4) is 17.0 Å². The molecule has 0 radical (unpaired) electrons. The van der Waals surface area contributed by atoms with E-state index >= 15 is 0 Å². The van der Waals surface area contributed by atoms with Gasteiger partial charge in [0.15, 0.2) is 6.10 Å². The summed E-state index contributed by atoms with van der Waals surface area (Å²) >= 11 is 1.60. The molecule has 3 rings (SSSR count). The van der Waals surface area contributed by atoms with Crippen LogP contribution in [0.4, 0.5) is 5.69 Å². The summed E-state index contributed by atoms with van der Waals surface area (Å²) in [4.78, 5) is 41.7. The Morgan fingerprint density at radius 3 is 2.82 bits per heavy atom. The molecule has 1 aliphatic rings. The van der Waals surface area contributed by atoms with E-state index in [9.17, 15) is 14.4 Å². The minimum Gasteiger partial charge on any atom is -0.479 e. The molecule has 0 fully saturated rings. The van der Waals surface area contributed by atoms with Gasteiger partial charge in [-0.05, 0) is 38.0 Å². The van der Waals surface area contributed by atoms with Crippen LogP contribution in [-0.4, -0.2) is 35.4 Å². The topological polar surface area (TPSA) is 101 Å². The normalized spacial score (nSPS) is 15.6. The minimum absolute atomic E-state index is 0.235. The molecule has 1 aromatic carbocycles. The van der Waals surface area contributed by atoms with Gasteiger partial charge in [-0.25, -0.2) is 4.98 Å². The highest BCUT2D eigenvalue weighted by Crippen LogP contribution is 2.37. The van der Waals surface area contributed by atoms with Gasteiger partial charge in [0.2, 0.25) is 5.91 Å². The summed E-state index contributed by atoms with van der Waals surface area (Å²) < 4.78 is 5.68. The predicted octanol–water partition coefficient (Wildman–Crippen LogP) is 2.04. The first kappa shape index (κ1) is 19.8. The lowest BCUT2D eigenvalue weighted by Gasteiger charge is -2.32. The number of thiazole rings is 1. The fourth-order valence-electron chi connectivity index (χ4n) is 2.84. The van der Waals surface area contributed by atoms with Gasteiger partial charge in [-0.1, -0.05) is 6.92 Å². The smallest absolute Gasteiger partial charge is 0.268 e. The number of fused-ring (bicyclic) bond motifs is 1. The monoisotopic (exact) mass is 402 g/mol. The maximum atomic E-state index is 12.6. The summed E-state index contributed by atoms with van der Waals surface area (Å²) in [7, 11) is 0. The van der Waals surface area contributed by atoms with Gasteiger partial charge in [0.25, 0.3) is 11.8 Å². The molecule has 1 aromatic heterocycles. The quantitative estimate of drug-likeness (QED) is 0.746. The Labute approximate surface area is 166 Å². The van der Waals surface area contributed by atoms with Crippen molar-refractivity contribution in [2.75, 3.05) is 11.4 Å². The highest BCUT2D eigenvalue weighted by atomic mass is 32.1. The number of amides is 3. The van der Waals surface area contributed by atoms with Gasteiger partial charge in [-0.2, -0.15) is 0 Å². The molecule has 1 atom stereocenters. The summed E-state index contributed by atoms with van der Waals surface area (Å²) in [5.74, 6) is -0.711. The lowest BCUT2D eigenvalue weighted by Crippen LogP contribution is -2.51. The number of carbonyl (C=O) groups is 3. The van der Waals surface area contributed by atoms with Crippen LogP contribution in [0, 0.1) is 0 Å². The van der Waals surface area contributed by atoms with E-state index in [1.807, 2.05) is 11.4 Å². The third-order valence-electron chi connectivity index (χ3n) is 4.16. The van der Waals surface area contributed by atoms with E-state index in [0.29, 0.717) is 11.4 Å². The van der Waals surface area contributed by atoms with Gasteiger partial charge in [0, 0.05) is 17.9 Å². The number of hydrogen-bond donors (Lipinski definition) is 2. The minimum atomic E-state index is -0.706. The summed E-state index contributed by atoms with van der Waals surface area (Å²) in [6.45, 7) is 4.79. The van der Waals surface area contributed by atoms with Crippen LogP contribution in [0.2, 0.25) is 0 Å². The van der Waals surface area contributed by atoms with Crippen LogP contribution in [0.1, 0.15) is 32.2 Å². The second-order valence-electron chi connectivity index (χ2n) is 6.47. The number of ether oxygens (including phenoxy) is 1. The Balaban J connectivity index is 1.89. The van der Waals surface area contributed by atoms with E-state index in [1.54, 1.807) is 30.4 Å². The van der Waals surface area contributed by atoms with Crippen LogP contribution in [0.25, 0.3) is 11.3 Å². The van der Waals surface area contributed by atoms with Gasteiger partial charge < -0.3 is 4.74 Å². The Bertz CT molecular complexity index is 911. The first-order valence-corrected chi connectivity index (χ1v) is 9.89. The number of benzene rings is 1. The summed E-state index contributed by atoms with van der Waals surface area (Å²) in [5, 5.41) is 3.04. The molecule has 2 N–H and O–H groups in total. The standard InChI is InChI=1S/C19H22N4O4S/c1-4-5-18-20-14(10-28-18)13-6-7-16-15(8-13)23(19(26)11(2)27-16)9-17(25)22-21-12(3)24/h6-8,10-11H,4-5,9H2,1-3H3,(H,21,24)(H,22,25). The lowest BCUT2D eigenvalue weighted by molar-refractivity contribution is -0.129. The van der Waals surface area contributed by atoms with Gasteiger partial charge in [0.05, 0.1) is 16.4 Å². The number of hydrogen-bond acceptors (Lipinski definition) is 6. The fourth-order valence-corrected chi connectivity index (χ4v) is 3.75. The first-order chi connectivity index (χ1) is 13.4. The number of nitrogens with zero attached hydrogens (tertiary/aromatic N) is 2. The molecule has 148 valence electrons. The molecule has 8 nitrogen and oxygen atoms in total. The van der Waals surface area contributed by atoms with Crippen molar-refractivity contribution >= 4 is 34.7 Å². The Kier molecular flexibility index (Phi) is 5.93. The van der Waals surface area contributed by atoms with Crippen LogP contribution in [0.5, 0.6) is 5.75 Å². The molecule has 2 aromatic rings. The molecule has 9 heteroatoms. The number of carbonyl (C=O) groups excluding carboxylic acids is 3. The van der Waals surface area contributed by atoms with Crippen LogP contribution < -0.4 is 20.5 Å². The average Bonchev–Trinajstić information content (AvgIpc) is 3.12. The van der Waals surface area contributed by atoms with Crippen molar-refractivity contribution in [1.29, 1.82) is 0 Å². The zero-order chi connectivity index (χ0) is 20.3. The van der Waals surface area contributed by atoms with Gasteiger partial charge in [0.1, 0.15) is 12.3 Å². The lowest BCUT2D eigenvalue weighted by atomic mass is 10.1. The van der Waals surface area contributed by atoms with Crippen LogP contribution in [0.15, 0.2) is 23.6 Å². The molecule has 0 spiro atoms. The Morgan fingerprint density at radius 2 is 2.11 bits per heavy atom. The molecule has 1 unspecified atom stereocenters. The summed E-state index contributed by atoms with van der Waals surface area (Å²) in [6.07, 6.45) is 1.24. The highest BCUT2D eigenvalue weighted by Gasteiger charge is 2.33. The molecule has 0 saturated carbocycles. The maximum Gasteiger partial charge on any atom is 0.268 e. The number of aryl methyl sites for hydroxylation is 1. The zero-order valence-corrected chi connectivity index (χ0v) is 16.8. The fraction of sp³-hybridized carbons (Fsp3) is 0.368. The van der Waals surface area contributed by atoms with Gasteiger partial charge in [-0.3, -0.25) is 30.1 Å². The largest absolute Gasteiger partial charge is 0.479 e. The maximum absolute atomic E-state index is 12.6. The molecule has 28 heavy (non-hydrogen) atoms. The summed E-state index contributed by atoms with van der Waals surface area (Å²) in [5.41, 5.74) is 6.67. The van der Waals surface area contributed by atoms with Crippen LogP contribution in [-0.2, 0) is 20.8 Å². The van der Waals surface area contributed by atoms with E-state index < -0.39 is 17.9 Å². The first-order valence-electron chi connectivity index (χ1n) is 9.01. The van der Waals surface area contributed by atoms with E-state index in [2.05, 4.69) is 22.8 Å². The van der Waals surface area contributed by atoms with Crippen molar-refractivity contribution < 1.29 is 19.1 Å². The third-order valence-corrected chi connectivity index (χ3v) is 5.07. The zero-order valence-electron chi connectivity index (χ0n) is 15.9. The van der Waals surface area contributed by atoms with Crippen molar-refractivity contribution in [2.24, 2.45) is 0 Å². The van der Waals surface area contributed by atoms with Crippen molar-refractivity contribution in [2.45, 2.75) is 39.7 Å². The number of hydrazine groups is 1. The Morgan fingerprint density at radius 1 is 1.32 bits per heavy atom. The van der Waals surface area contributed by atoms with E-state index in [0.717, 1.165) is 29.1 Å². The molecule has 2 heterocycles. The van der Waals surface area contributed by atoms with Crippen molar-refractivity contribution in [3.63, 3.8) is 0 Å². The van der Waals surface area contributed by atoms with Gasteiger partial charge >= 0.3 is 0 Å². The van der Waals surface area contributed by atoms with Crippen LogP contribution in [0.3, 0.4) is 0 Å². The van der Waals surface area contributed by atoms with Crippen LogP contribution >= 0.6 is 11.3 Å². The number of nitrogens with one attached hydrogen (secondary N) is 2. The molecule has 3 amide bonds. The van der Waals surface area contributed by atoms with Crippen molar-refractivity contribution in [3.05, 3.63) is 28.6 Å². The number of rotatable bonds is 5. The molecule has 0 aliphatic carbocycles. The summed E-state index contributed by atoms with van der Waals surface area (Å²) in [6, 6.07) is 5.47. The number of aromatic nitrogens is 1. The second kappa shape index (κ2) is 8.39. The second-order valence-corrected chi connectivity index (χ2v) is 7.42. The third kappa shape index (κ3) is 4.30. The van der Waals surface area contributed by atoms with E-state index in [-0.39, 0.29) is 12.5 Å². The molecule has 1 aliphatic heterocycles. The number of anilines is 1. The Hall–Kier alpha value is -2.94. The highest BCUT2D eigenvalue weighted by molar-refractivity contribution is 7.09. The predicted molar refractivity (Wildman–Crippen MR) is 106 cm³/mol.